The zero-order valence-corrected chi connectivity index (χ0v) is 14.9. The SMILES string of the molecule is NC(=O)C(CCCN=C(N)N)NC(=O)CCc1ccc([N+](=O)[O-])cc1[N+](=O)[O-]. The molecule has 1 rings (SSSR count). The molecule has 0 aromatic heterocycles. The fourth-order valence-electron chi connectivity index (χ4n) is 2.35. The quantitative estimate of drug-likeness (QED) is 0.125. The second-order valence-electron chi connectivity index (χ2n) is 5.80. The van der Waals surface area contributed by atoms with Gasteiger partial charge in [-0.15, -0.1) is 0 Å². The van der Waals surface area contributed by atoms with E-state index in [0.717, 1.165) is 12.1 Å². The third-order valence-electron chi connectivity index (χ3n) is 3.72. The molecule has 2 amide bonds. The van der Waals surface area contributed by atoms with Gasteiger partial charge in [0.1, 0.15) is 6.04 Å². The maximum absolute atomic E-state index is 12.1. The summed E-state index contributed by atoms with van der Waals surface area (Å²) in [4.78, 5) is 47.6. The van der Waals surface area contributed by atoms with Gasteiger partial charge in [0, 0.05) is 24.6 Å². The highest BCUT2D eigenvalue weighted by molar-refractivity contribution is 5.86. The summed E-state index contributed by atoms with van der Waals surface area (Å²) in [5.41, 5.74) is 14.9. The van der Waals surface area contributed by atoms with Gasteiger partial charge in [0.2, 0.25) is 11.8 Å². The molecule has 28 heavy (non-hydrogen) atoms. The molecule has 0 spiro atoms. The average molecular weight is 395 g/mol. The van der Waals surface area contributed by atoms with Crippen LogP contribution >= 0.6 is 0 Å². The van der Waals surface area contributed by atoms with Crippen LogP contribution in [0.2, 0.25) is 0 Å². The van der Waals surface area contributed by atoms with Crippen molar-refractivity contribution in [3.63, 3.8) is 0 Å². The number of nitrogens with one attached hydrogen (secondary N) is 1. The van der Waals surface area contributed by atoms with Crippen molar-refractivity contribution in [2.24, 2.45) is 22.2 Å². The van der Waals surface area contributed by atoms with Crippen LogP contribution in [-0.4, -0.2) is 40.2 Å². The number of primary amides is 1. The van der Waals surface area contributed by atoms with Crippen molar-refractivity contribution in [2.75, 3.05) is 6.54 Å². The Morgan fingerprint density at radius 3 is 2.36 bits per heavy atom. The van der Waals surface area contributed by atoms with Gasteiger partial charge in [-0.1, -0.05) is 0 Å². The Hall–Kier alpha value is -3.77. The molecule has 1 unspecified atom stereocenters. The number of carbonyl (C=O) groups is 2. The summed E-state index contributed by atoms with van der Waals surface area (Å²) in [5.74, 6) is -1.37. The molecule has 0 aliphatic rings. The molecular formula is C15H21N7O6. The molecular weight excluding hydrogens is 374 g/mol. The van der Waals surface area contributed by atoms with E-state index in [1.807, 2.05) is 0 Å². The van der Waals surface area contributed by atoms with Crippen molar-refractivity contribution in [3.8, 4) is 0 Å². The number of non-ortho nitro benzene ring substituents is 1. The summed E-state index contributed by atoms with van der Waals surface area (Å²) < 4.78 is 0. The first-order chi connectivity index (χ1) is 13.1. The maximum atomic E-state index is 12.1. The fourth-order valence-corrected chi connectivity index (χ4v) is 2.35. The van der Waals surface area contributed by atoms with Gasteiger partial charge in [0.15, 0.2) is 5.96 Å². The van der Waals surface area contributed by atoms with Crippen LogP contribution in [0.15, 0.2) is 23.2 Å². The van der Waals surface area contributed by atoms with Crippen LogP contribution in [0.4, 0.5) is 11.4 Å². The summed E-state index contributed by atoms with van der Waals surface area (Å²) >= 11 is 0. The Labute approximate surface area is 159 Å². The van der Waals surface area contributed by atoms with Gasteiger partial charge < -0.3 is 22.5 Å². The number of nitrogens with zero attached hydrogens (tertiary/aromatic N) is 3. The first-order valence-electron chi connectivity index (χ1n) is 8.17. The van der Waals surface area contributed by atoms with E-state index < -0.39 is 39.1 Å². The minimum absolute atomic E-state index is 0.0420. The summed E-state index contributed by atoms with van der Waals surface area (Å²) in [6.07, 6.45) is 0.408. The van der Waals surface area contributed by atoms with Crippen molar-refractivity contribution < 1.29 is 19.4 Å². The minimum atomic E-state index is -0.937. The van der Waals surface area contributed by atoms with Crippen LogP contribution in [0.25, 0.3) is 0 Å². The Kier molecular flexibility index (Phi) is 8.27. The summed E-state index contributed by atoms with van der Waals surface area (Å²) in [5, 5.41) is 24.3. The molecule has 1 aromatic rings. The van der Waals surface area contributed by atoms with Gasteiger partial charge in [0.25, 0.3) is 11.4 Å². The largest absolute Gasteiger partial charge is 0.370 e. The molecule has 0 bridgehead atoms. The monoisotopic (exact) mass is 395 g/mol. The van der Waals surface area contributed by atoms with Gasteiger partial charge in [-0.2, -0.15) is 0 Å². The number of nitro benzene ring substituents is 2. The molecule has 0 saturated heterocycles. The van der Waals surface area contributed by atoms with Gasteiger partial charge in [-0.25, -0.2) is 0 Å². The third-order valence-corrected chi connectivity index (χ3v) is 3.72. The number of rotatable bonds is 11. The highest BCUT2D eigenvalue weighted by atomic mass is 16.6. The number of guanidine groups is 1. The predicted molar refractivity (Wildman–Crippen MR) is 99.1 cm³/mol. The number of amides is 2. The molecule has 0 radical (unpaired) electrons. The number of hydrogen-bond donors (Lipinski definition) is 4. The third kappa shape index (κ3) is 7.23. The van der Waals surface area contributed by atoms with E-state index in [4.69, 9.17) is 17.2 Å². The number of benzene rings is 1. The van der Waals surface area contributed by atoms with E-state index in [0.29, 0.717) is 6.42 Å². The molecule has 0 heterocycles. The van der Waals surface area contributed by atoms with E-state index in [2.05, 4.69) is 10.3 Å². The zero-order valence-electron chi connectivity index (χ0n) is 14.9. The van der Waals surface area contributed by atoms with Crippen molar-refractivity contribution >= 4 is 29.1 Å². The number of aliphatic imine (C=N–C) groups is 1. The van der Waals surface area contributed by atoms with Crippen LogP contribution < -0.4 is 22.5 Å². The molecule has 0 saturated carbocycles. The van der Waals surface area contributed by atoms with Crippen molar-refractivity contribution in [2.45, 2.75) is 31.7 Å². The van der Waals surface area contributed by atoms with E-state index in [-0.39, 0.29) is 37.3 Å². The average Bonchev–Trinajstić information content (AvgIpc) is 2.61. The highest BCUT2D eigenvalue weighted by Crippen LogP contribution is 2.25. The Morgan fingerprint density at radius 1 is 1.14 bits per heavy atom. The molecule has 1 aromatic carbocycles. The lowest BCUT2D eigenvalue weighted by atomic mass is 10.1. The summed E-state index contributed by atoms with van der Waals surface area (Å²) in [6, 6.07) is 2.25. The van der Waals surface area contributed by atoms with Gasteiger partial charge in [0.05, 0.1) is 15.9 Å². The summed E-state index contributed by atoms with van der Waals surface area (Å²) in [6.45, 7) is 0.261. The van der Waals surface area contributed by atoms with Gasteiger partial charge >= 0.3 is 0 Å². The molecule has 7 N–H and O–H groups in total. The zero-order chi connectivity index (χ0) is 21.3. The van der Waals surface area contributed by atoms with Crippen molar-refractivity contribution in [1.82, 2.24) is 5.32 Å². The lowest BCUT2D eigenvalue weighted by molar-refractivity contribution is -0.394. The molecule has 13 nitrogen and oxygen atoms in total. The molecule has 152 valence electrons. The minimum Gasteiger partial charge on any atom is -0.370 e. The van der Waals surface area contributed by atoms with Crippen LogP contribution in [-0.2, 0) is 16.0 Å². The number of nitrogens with two attached hydrogens (primary N) is 3. The Balaban J connectivity index is 2.69. The fraction of sp³-hybridized carbons (Fsp3) is 0.400. The second-order valence-corrected chi connectivity index (χ2v) is 5.80. The summed E-state index contributed by atoms with van der Waals surface area (Å²) in [7, 11) is 0. The van der Waals surface area contributed by atoms with E-state index in [1.165, 1.54) is 6.07 Å². The van der Waals surface area contributed by atoms with E-state index in [9.17, 15) is 29.8 Å². The Bertz CT molecular complexity index is 791. The molecule has 13 heteroatoms. The van der Waals surface area contributed by atoms with Crippen LogP contribution in [0, 0.1) is 20.2 Å². The number of aryl methyl sites for hydroxylation is 1. The van der Waals surface area contributed by atoms with Crippen molar-refractivity contribution in [3.05, 3.63) is 44.0 Å². The normalized spacial score (nSPS) is 11.3. The van der Waals surface area contributed by atoms with E-state index >= 15 is 0 Å². The maximum Gasteiger partial charge on any atom is 0.279 e. The second kappa shape index (κ2) is 10.4. The lowest BCUT2D eigenvalue weighted by Gasteiger charge is -2.15. The smallest absolute Gasteiger partial charge is 0.279 e. The van der Waals surface area contributed by atoms with Gasteiger partial charge in [-0.05, 0) is 25.3 Å². The molecule has 1 atom stereocenters. The number of carbonyl (C=O) groups excluding carboxylic acids is 2. The molecule has 0 aliphatic carbocycles. The predicted octanol–water partition coefficient (Wildman–Crippen LogP) is -0.541. The Morgan fingerprint density at radius 2 is 1.82 bits per heavy atom. The first kappa shape index (κ1) is 22.3. The number of hydrogen-bond acceptors (Lipinski definition) is 7. The van der Waals surface area contributed by atoms with E-state index in [1.54, 1.807) is 0 Å². The standard InChI is InChI=1S/C15H21N7O6/c16-14(24)11(2-1-7-19-15(17)18)20-13(23)6-4-9-3-5-10(21(25)26)8-12(9)22(27)28/h3,5,8,11H,1-2,4,6-7H2,(H2,16,24)(H,20,23)(H4,17,18,19). The van der Waals surface area contributed by atoms with Crippen molar-refractivity contribution in [1.29, 1.82) is 0 Å². The van der Waals surface area contributed by atoms with Crippen LogP contribution in [0.5, 0.6) is 0 Å². The van der Waals surface area contributed by atoms with Crippen LogP contribution in [0.1, 0.15) is 24.8 Å². The van der Waals surface area contributed by atoms with Crippen LogP contribution in [0.3, 0.4) is 0 Å². The highest BCUT2D eigenvalue weighted by Gasteiger charge is 2.21. The lowest BCUT2D eigenvalue weighted by Crippen LogP contribution is -2.44. The molecule has 0 fully saturated rings. The van der Waals surface area contributed by atoms with Gasteiger partial charge in [-0.3, -0.25) is 34.8 Å². The topological polar surface area (TPSA) is 223 Å². The first-order valence-corrected chi connectivity index (χ1v) is 8.17. The number of nitro groups is 2. The molecule has 0 aliphatic heterocycles.